The van der Waals surface area contributed by atoms with Gasteiger partial charge in [0.25, 0.3) is 17.5 Å². The van der Waals surface area contributed by atoms with Crippen LogP contribution in [0.3, 0.4) is 0 Å². The molecule has 1 fully saturated rings. The van der Waals surface area contributed by atoms with Gasteiger partial charge in [-0.15, -0.1) is 0 Å². The molecule has 2 amide bonds. The molecule has 1 N–H and O–H groups in total. The second-order valence-corrected chi connectivity index (χ2v) is 8.12. The number of aryl methyl sites for hydroxylation is 2. The van der Waals surface area contributed by atoms with Crippen molar-refractivity contribution in [3.63, 3.8) is 0 Å². The van der Waals surface area contributed by atoms with Gasteiger partial charge in [-0.25, -0.2) is 0 Å². The third kappa shape index (κ3) is 4.06. The van der Waals surface area contributed by atoms with Crippen molar-refractivity contribution >= 4 is 46.6 Å². The van der Waals surface area contributed by atoms with E-state index in [1.54, 1.807) is 30.3 Å². The molecule has 0 bridgehead atoms. The van der Waals surface area contributed by atoms with E-state index in [2.05, 4.69) is 5.32 Å². The number of non-ortho nitro benzene ring substituents is 1. The third-order valence-corrected chi connectivity index (χ3v) is 5.77. The first-order valence-corrected chi connectivity index (χ1v) is 10.5. The molecule has 3 aromatic rings. The molecule has 1 saturated heterocycles. The van der Waals surface area contributed by atoms with Crippen molar-refractivity contribution in [3.05, 3.63) is 92.8 Å². The largest absolute Gasteiger partial charge is 0.318 e. The quantitative estimate of drug-likeness (QED) is 0.207. The van der Waals surface area contributed by atoms with Crippen LogP contribution in [-0.2, 0) is 9.59 Å². The summed E-state index contributed by atoms with van der Waals surface area (Å²) in [6.45, 7) is 5.68. The Morgan fingerprint density at radius 1 is 0.970 bits per heavy atom. The number of hydrogen-bond acceptors (Lipinski definition) is 5. The normalized spacial score (nSPS) is 15.2. The maximum Gasteiger partial charge on any atom is 0.270 e. The van der Waals surface area contributed by atoms with Crippen molar-refractivity contribution in [2.45, 2.75) is 20.8 Å². The van der Waals surface area contributed by atoms with E-state index in [0.29, 0.717) is 11.3 Å². The monoisotopic (exact) mass is 460 g/mol. The molecule has 0 unspecified atom stereocenters. The first-order valence-electron chi connectivity index (χ1n) is 10.1. The fourth-order valence-corrected chi connectivity index (χ4v) is 4.08. The molecule has 1 aromatic heterocycles. The minimum Gasteiger partial charge on any atom is -0.318 e. The zero-order valence-corrected chi connectivity index (χ0v) is 19.0. The molecular formula is C24H20N4O4S. The minimum atomic E-state index is -0.562. The summed E-state index contributed by atoms with van der Waals surface area (Å²) in [4.78, 5) is 37.7. The van der Waals surface area contributed by atoms with E-state index in [-0.39, 0.29) is 16.4 Å². The van der Waals surface area contributed by atoms with Gasteiger partial charge >= 0.3 is 0 Å². The second-order valence-electron chi connectivity index (χ2n) is 7.73. The molecule has 166 valence electrons. The van der Waals surface area contributed by atoms with Crippen LogP contribution >= 0.6 is 12.2 Å². The molecule has 33 heavy (non-hydrogen) atoms. The van der Waals surface area contributed by atoms with Crippen LogP contribution in [0.4, 0.5) is 11.4 Å². The number of thiocarbonyl (C=S) groups is 1. The molecule has 0 saturated carbocycles. The van der Waals surface area contributed by atoms with Crippen molar-refractivity contribution in [2.75, 3.05) is 4.90 Å². The van der Waals surface area contributed by atoms with Gasteiger partial charge in [0.2, 0.25) is 0 Å². The fourth-order valence-electron chi connectivity index (χ4n) is 3.80. The Labute approximate surface area is 195 Å². The van der Waals surface area contributed by atoms with Crippen molar-refractivity contribution in [2.24, 2.45) is 0 Å². The van der Waals surface area contributed by atoms with Crippen LogP contribution in [0, 0.1) is 30.9 Å². The average molecular weight is 461 g/mol. The molecule has 2 aromatic carbocycles. The van der Waals surface area contributed by atoms with E-state index in [9.17, 15) is 19.7 Å². The number of aromatic nitrogens is 1. The lowest BCUT2D eigenvalue weighted by Crippen LogP contribution is -2.54. The summed E-state index contributed by atoms with van der Waals surface area (Å²) in [7, 11) is 0. The number of carbonyl (C=O) groups excluding carboxylic acids is 2. The molecule has 0 spiro atoms. The summed E-state index contributed by atoms with van der Waals surface area (Å²) in [6, 6.07) is 15.3. The molecule has 4 rings (SSSR count). The molecular weight excluding hydrogens is 440 g/mol. The number of nitrogens with zero attached hydrogens (tertiary/aromatic N) is 3. The van der Waals surface area contributed by atoms with Crippen LogP contribution in [0.1, 0.15) is 22.5 Å². The molecule has 2 heterocycles. The lowest BCUT2D eigenvalue weighted by Gasteiger charge is -2.29. The zero-order valence-electron chi connectivity index (χ0n) is 18.2. The Hall–Kier alpha value is -4.11. The van der Waals surface area contributed by atoms with Gasteiger partial charge in [-0.05, 0) is 75.0 Å². The maximum absolute atomic E-state index is 13.2. The van der Waals surface area contributed by atoms with E-state index in [0.717, 1.165) is 22.6 Å². The molecule has 1 aliphatic rings. The van der Waals surface area contributed by atoms with Gasteiger partial charge < -0.3 is 4.57 Å². The highest BCUT2D eigenvalue weighted by Gasteiger charge is 2.34. The van der Waals surface area contributed by atoms with Crippen LogP contribution in [0.2, 0.25) is 0 Å². The van der Waals surface area contributed by atoms with E-state index in [1.807, 2.05) is 43.5 Å². The Morgan fingerprint density at radius 3 is 2.18 bits per heavy atom. The van der Waals surface area contributed by atoms with Crippen molar-refractivity contribution in [3.8, 4) is 5.69 Å². The number of nitrogens with one attached hydrogen (secondary N) is 1. The molecule has 8 nitrogen and oxygen atoms in total. The van der Waals surface area contributed by atoms with Crippen LogP contribution < -0.4 is 10.2 Å². The first-order chi connectivity index (χ1) is 15.7. The van der Waals surface area contributed by atoms with Gasteiger partial charge in [-0.2, -0.15) is 0 Å². The Kier molecular flexibility index (Phi) is 5.65. The average Bonchev–Trinajstić information content (AvgIpc) is 3.05. The summed E-state index contributed by atoms with van der Waals surface area (Å²) in [5, 5.41) is 13.6. The van der Waals surface area contributed by atoms with Crippen molar-refractivity contribution in [1.29, 1.82) is 0 Å². The number of nitro groups is 1. The number of amides is 2. The number of hydrogen-bond donors (Lipinski definition) is 1. The van der Waals surface area contributed by atoms with Gasteiger partial charge in [0.15, 0.2) is 5.11 Å². The number of anilines is 1. The molecule has 9 heteroatoms. The predicted molar refractivity (Wildman–Crippen MR) is 129 cm³/mol. The maximum atomic E-state index is 13.2. The smallest absolute Gasteiger partial charge is 0.270 e. The number of benzene rings is 2. The highest BCUT2D eigenvalue weighted by atomic mass is 32.1. The van der Waals surface area contributed by atoms with E-state index < -0.39 is 16.7 Å². The minimum absolute atomic E-state index is 0.000179. The van der Waals surface area contributed by atoms with E-state index >= 15 is 0 Å². The van der Waals surface area contributed by atoms with Gasteiger partial charge in [0.05, 0.1) is 10.6 Å². The van der Waals surface area contributed by atoms with Crippen LogP contribution in [0.25, 0.3) is 11.8 Å². The van der Waals surface area contributed by atoms with Gasteiger partial charge in [-0.1, -0.05) is 17.7 Å². The van der Waals surface area contributed by atoms with Crippen molar-refractivity contribution in [1.82, 2.24) is 9.88 Å². The SMILES string of the molecule is Cc1ccc(N2C(=O)C(=Cc3cc(C)n(-c4ccc([N+](=O)[O-])cc4)c3C)C(=O)NC2=S)cc1. The van der Waals surface area contributed by atoms with Crippen LogP contribution in [0.15, 0.2) is 60.2 Å². The van der Waals surface area contributed by atoms with Gasteiger partial charge in [0.1, 0.15) is 5.57 Å². The van der Waals surface area contributed by atoms with Crippen LogP contribution in [-0.4, -0.2) is 26.4 Å². The highest BCUT2D eigenvalue weighted by Crippen LogP contribution is 2.27. The van der Waals surface area contributed by atoms with Gasteiger partial charge in [0, 0.05) is 29.2 Å². The zero-order chi connectivity index (χ0) is 23.9. The summed E-state index contributed by atoms with van der Waals surface area (Å²) in [6.07, 6.45) is 1.55. The summed E-state index contributed by atoms with van der Waals surface area (Å²) < 4.78 is 1.91. The summed E-state index contributed by atoms with van der Waals surface area (Å²) >= 11 is 5.25. The molecule has 1 aliphatic heterocycles. The Balaban J connectivity index is 1.73. The standard InChI is InChI=1S/C24H20N4O4S/c1-14-4-6-19(7-5-14)27-23(30)21(22(29)25-24(27)33)13-17-12-15(2)26(16(17)3)18-8-10-20(11-9-18)28(31)32/h4-13H,1-3H3,(H,25,29,33). The topological polar surface area (TPSA) is 97.5 Å². The summed E-state index contributed by atoms with van der Waals surface area (Å²) in [5.74, 6) is -1.07. The lowest BCUT2D eigenvalue weighted by atomic mass is 10.1. The Bertz CT molecular complexity index is 1340. The van der Waals surface area contributed by atoms with E-state index in [4.69, 9.17) is 12.2 Å². The summed E-state index contributed by atoms with van der Waals surface area (Å²) in [5.41, 5.74) is 4.62. The molecule has 0 radical (unpaired) electrons. The fraction of sp³-hybridized carbons (Fsp3) is 0.125. The second kappa shape index (κ2) is 8.44. The lowest BCUT2D eigenvalue weighted by molar-refractivity contribution is -0.384. The number of nitro benzene ring substituents is 1. The Morgan fingerprint density at radius 2 is 1.58 bits per heavy atom. The highest BCUT2D eigenvalue weighted by molar-refractivity contribution is 7.80. The predicted octanol–water partition coefficient (Wildman–Crippen LogP) is 4.14. The third-order valence-electron chi connectivity index (χ3n) is 5.48. The van der Waals surface area contributed by atoms with Crippen LogP contribution in [0.5, 0.6) is 0 Å². The van der Waals surface area contributed by atoms with Crippen molar-refractivity contribution < 1.29 is 14.5 Å². The molecule has 0 aliphatic carbocycles. The molecule has 0 atom stereocenters. The van der Waals surface area contributed by atoms with Gasteiger partial charge in [-0.3, -0.25) is 29.9 Å². The number of rotatable bonds is 4. The van der Waals surface area contributed by atoms with E-state index in [1.165, 1.54) is 17.0 Å². The first kappa shape index (κ1) is 22.1. The number of carbonyl (C=O) groups is 2.